The summed E-state index contributed by atoms with van der Waals surface area (Å²) in [6, 6.07) is 1.14. The molecule has 0 saturated heterocycles. The first-order chi connectivity index (χ1) is 9.58. The molecule has 2 amide bonds. The number of carboxylic acids is 1. The molecule has 20 heavy (non-hydrogen) atoms. The minimum atomic E-state index is -1.03. The third kappa shape index (κ3) is 5.21. The molecule has 112 valence electrons. The molecule has 0 radical (unpaired) electrons. The predicted molar refractivity (Wildman–Crippen MR) is 81.6 cm³/mol. The van der Waals surface area contributed by atoms with E-state index < -0.39 is 5.97 Å². The van der Waals surface area contributed by atoms with E-state index in [0.717, 1.165) is 25.7 Å². The van der Waals surface area contributed by atoms with Gasteiger partial charge in [-0.25, -0.2) is 9.59 Å². The van der Waals surface area contributed by atoms with Crippen LogP contribution in [-0.2, 0) is 0 Å². The van der Waals surface area contributed by atoms with Gasteiger partial charge in [0.25, 0.3) is 0 Å². The first-order valence-corrected chi connectivity index (χ1v) is 7.82. The molecule has 0 aliphatic rings. The Kier molecular flexibility index (Phi) is 7.08. The Labute approximate surface area is 123 Å². The van der Waals surface area contributed by atoms with E-state index in [1.165, 1.54) is 17.4 Å². The van der Waals surface area contributed by atoms with Crippen LogP contribution in [0.15, 0.2) is 11.4 Å². The molecule has 0 saturated carbocycles. The van der Waals surface area contributed by atoms with E-state index in [1.807, 2.05) is 0 Å². The lowest BCUT2D eigenvalue weighted by atomic mass is 9.99. The number of unbranched alkanes of at least 4 members (excludes halogenated alkanes) is 1. The summed E-state index contributed by atoms with van der Waals surface area (Å²) < 4.78 is 0. The lowest BCUT2D eigenvalue weighted by Crippen LogP contribution is -2.33. The summed E-state index contributed by atoms with van der Waals surface area (Å²) in [4.78, 5) is 22.7. The van der Waals surface area contributed by atoms with E-state index >= 15 is 0 Å². The SMILES string of the molecule is CCCCC(CC)CNC(=O)Nc1sccc1C(=O)O. The lowest BCUT2D eigenvalue weighted by molar-refractivity contribution is 0.0698. The van der Waals surface area contributed by atoms with Gasteiger partial charge in [0, 0.05) is 6.54 Å². The van der Waals surface area contributed by atoms with E-state index in [9.17, 15) is 9.59 Å². The second kappa shape index (κ2) is 8.58. The van der Waals surface area contributed by atoms with Crippen LogP contribution in [0, 0.1) is 5.92 Å². The zero-order valence-electron chi connectivity index (χ0n) is 11.9. The van der Waals surface area contributed by atoms with Crippen molar-refractivity contribution in [2.45, 2.75) is 39.5 Å². The second-order valence-corrected chi connectivity index (χ2v) is 5.64. The maximum absolute atomic E-state index is 11.8. The molecule has 1 heterocycles. The Morgan fingerprint density at radius 3 is 2.75 bits per heavy atom. The number of aromatic carboxylic acids is 1. The number of nitrogens with one attached hydrogen (secondary N) is 2. The highest BCUT2D eigenvalue weighted by molar-refractivity contribution is 7.14. The van der Waals surface area contributed by atoms with Crippen molar-refractivity contribution in [3.63, 3.8) is 0 Å². The monoisotopic (exact) mass is 298 g/mol. The second-order valence-electron chi connectivity index (χ2n) is 4.72. The van der Waals surface area contributed by atoms with Gasteiger partial charge in [0.15, 0.2) is 0 Å². The summed E-state index contributed by atoms with van der Waals surface area (Å²) in [6.45, 7) is 4.88. The van der Waals surface area contributed by atoms with E-state index in [0.29, 0.717) is 17.5 Å². The highest BCUT2D eigenvalue weighted by Gasteiger charge is 2.14. The number of carboxylic acid groups (broad SMARTS) is 1. The van der Waals surface area contributed by atoms with Crippen LogP contribution in [0.25, 0.3) is 0 Å². The van der Waals surface area contributed by atoms with Crippen molar-refractivity contribution in [2.75, 3.05) is 11.9 Å². The van der Waals surface area contributed by atoms with Crippen LogP contribution in [0.2, 0.25) is 0 Å². The number of hydrogen-bond acceptors (Lipinski definition) is 3. The van der Waals surface area contributed by atoms with Gasteiger partial charge in [-0.05, 0) is 23.8 Å². The largest absolute Gasteiger partial charge is 0.478 e. The van der Waals surface area contributed by atoms with Crippen molar-refractivity contribution >= 4 is 28.3 Å². The third-order valence-electron chi connectivity index (χ3n) is 3.22. The topological polar surface area (TPSA) is 78.4 Å². The van der Waals surface area contributed by atoms with Gasteiger partial charge in [-0.15, -0.1) is 11.3 Å². The fraction of sp³-hybridized carbons (Fsp3) is 0.571. The van der Waals surface area contributed by atoms with Crippen molar-refractivity contribution < 1.29 is 14.7 Å². The summed E-state index contributed by atoms with van der Waals surface area (Å²) in [5, 5.41) is 16.4. The summed E-state index contributed by atoms with van der Waals surface area (Å²) in [5.41, 5.74) is 0.128. The maximum Gasteiger partial charge on any atom is 0.338 e. The normalized spacial score (nSPS) is 11.9. The average Bonchev–Trinajstić information content (AvgIpc) is 2.87. The summed E-state index contributed by atoms with van der Waals surface area (Å²) in [5.74, 6) is -0.557. The first-order valence-electron chi connectivity index (χ1n) is 6.94. The molecule has 0 fully saturated rings. The molecule has 1 rings (SSSR count). The number of thiophene rings is 1. The van der Waals surface area contributed by atoms with Crippen LogP contribution in [0.5, 0.6) is 0 Å². The number of urea groups is 1. The Morgan fingerprint density at radius 1 is 1.40 bits per heavy atom. The van der Waals surface area contributed by atoms with Crippen LogP contribution < -0.4 is 10.6 Å². The first kappa shape index (κ1) is 16.5. The van der Waals surface area contributed by atoms with Crippen LogP contribution in [0.4, 0.5) is 9.80 Å². The average molecular weight is 298 g/mol. The number of anilines is 1. The van der Waals surface area contributed by atoms with Crippen molar-refractivity contribution in [2.24, 2.45) is 5.92 Å². The molecule has 0 spiro atoms. The zero-order chi connectivity index (χ0) is 15.0. The van der Waals surface area contributed by atoms with E-state index in [2.05, 4.69) is 24.5 Å². The Bertz CT molecular complexity index is 445. The highest BCUT2D eigenvalue weighted by Crippen LogP contribution is 2.22. The van der Waals surface area contributed by atoms with Gasteiger partial charge in [0.05, 0.1) is 5.56 Å². The molecule has 1 aromatic heterocycles. The molecule has 0 aromatic carbocycles. The fourth-order valence-corrected chi connectivity index (χ4v) is 2.68. The molecule has 1 unspecified atom stereocenters. The van der Waals surface area contributed by atoms with Crippen molar-refractivity contribution in [3.8, 4) is 0 Å². The standard InChI is InChI=1S/C14H22N2O3S/c1-3-5-6-10(4-2)9-15-14(19)16-12-11(13(17)18)7-8-20-12/h7-8,10H,3-6,9H2,1-2H3,(H,17,18)(H2,15,16,19). The van der Waals surface area contributed by atoms with Gasteiger partial charge in [-0.2, -0.15) is 0 Å². The number of hydrogen-bond donors (Lipinski definition) is 3. The number of amides is 2. The number of carbonyl (C=O) groups is 2. The highest BCUT2D eigenvalue weighted by atomic mass is 32.1. The van der Waals surface area contributed by atoms with Crippen LogP contribution in [0.3, 0.4) is 0 Å². The summed E-state index contributed by atoms with van der Waals surface area (Å²) in [6.07, 6.45) is 4.45. The third-order valence-corrected chi connectivity index (χ3v) is 4.05. The van der Waals surface area contributed by atoms with Crippen molar-refractivity contribution in [3.05, 3.63) is 17.0 Å². The predicted octanol–water partition coefficient (Wildman–Crippen LogP) is 3.78. The van der Waals surface area contributed by atoms with Gasteiger partial charge >= 0.3 is 12.0 Å². The molecule has 1 atom stereocenters. The van der Waals surface area contributed by atoms with Crippen LogP contribution >= 0.6 is 11.3 Å². The van der Waals surface area contributed by atoms with Crippen molar-refractivity contribution in [1.82, 2.24) is 5.32 Å². The van der Waals surface area contributed by atoms with Gasteiger partial charge in [0.1, 0.15) is 5.00 Å². The molecule has 5 nitrogen and oxygen atoms in total. The number of carbonyl (C=O) groups excluding carboxylic acids is 1. The molecule has 0 aliphatic heterocycles. The Morgan fingerprint density at radius 2 is 2.15 bits per heavy atom. The summed E-state index contributed by atoms with van der Waals surface area (Å²) >= 11 is 1.21. The smallest absolute Gasteiger partial charge is 0.338 e. The Balaban J connectivity index is 2.43. The molecular formula is C14H22N2O3S. The minimum absolute atomic E-state index is 0.128. The van der Waals surface area contributed by atoms with Crippen molar-refractivity contribution in [1.29, 1.82) is 0 Å². The quantitative estimate of drug-likeness (QED) is 0.683. The molecule has 0 aliphatic carbocycles. The molecular weight excluding hydrogens is 276 g/mol. The van der Waals surface area contributed by atoms with Gasteiger partial charge in [-0.1, -0.05) is 33.1 Å². The molecule has 1 aromatic rings. The number of rotatable bonds is 8. The van der Waals surface area contributed by atoms with E-state index in [-0.39, 0.29) is 11.6 Å². The van der Waals surface area contributed by atoms with Crippen LogP contribution in [-0.4, -0.2) is 23.7 Å². The van der Waals surface area contributed by atoms with E-state index in [1.54, 1.807) is 5.38 Å². The maximum atomic E-state index is 11.8. The van der Waals surface area contributed by atoms with E-state index in [4.69, 9.17) is 5.11 Å². The van der Waals surface area contributed by atoms with Gasteiger partial charge in [0.2, 0.25) is 0 Å². The summed E-state index contributed by atoms with van der Waals surface area (Å²) in [7, 11) is 0. The lowest BCUT2D eigenvalue weighted by Gasteiger charge is -2.15. The Hall–Kier alpha value is -1.56. The van der Waals surface area contributed by atoms with Gasteiger partial charge in [-0.3, -0.25) is 5.32 Å². The van der Waals surface area contributed by atoms with Crippen LogP contribution in [0.1, 0.15) is 49.9 Å². The molecule has 0 bridgehead atoms. The minimum Gasteiger partial charge on any atom is -0.478 e. The molecule has 3 N–H and O–H groups in total. The van der Waals surface area contributed by atoms with Gasteiger partial charge < -0.3 is 10.4 Å². The zero-order valence-corrected chi connectivity index (χ0v) is 12.8. The fourth-order valence-electron chi connectivity index (χ4n) is 1.90. The molecule has 6 heteroatoms.